The third kappa shape index (κ3) is 4.13. The Hall–Kier alpha value is -0.230. The lowest BCUT2D eigenvalue weighted by atomic mass is 10.2. The molecule has 2 atom stereocenters. The van der Waals surface area contributed by atoms with Crippen molar-refractivity contribution in [3.63, 3.8) is 0 Å². The number of unbranched alkanes of at least 4 members (excludes halogenated alkanes) is 1. The molecule has 0 aromatic heterocycles. The van der Waals surface area contributed by atoms with Gasteiger partial charge in [-0.15, -0.1) is 11.8 Å². The topological polar surface area (TPSA) is 54.5 Å². The van der Waals surface area contributed by atoms with Gasteiger partial charge in [-0.25, -0.2) is 8.42 Å². The standard InChI is InChI=1S/C14H25NO3S2/c1-3-4-8-19-11(2)14(16)15(12-5-6-12)13-7-9-20(17,18)10-13/h11-13H,3-10H2,1-2H3. The Morgan fingerprint density at radius 2 is 2.00 bits per heavy atom. The van der Waals surface area contributed by atoms with Crippen LogP contribution in [0.15, 0.2) is 0 Å². The van der Waals surface area contributed by atoms with Gasteiger partial charge in [-0.05, 0) is 38.4 Å². The third-order valence-electron chi connectivity index (χ3n) is 4.01. The van der Waals surface area contributed by atoms with E-state index in [0.29, 0.717) is 12.5 Å². The fourth-order valence-electron chi connectivity index (χ4n) is 2.69. The van der Waals surface area contributed by atoms with Crippen molar-refractivity contribution in [2.24, 2.45) is 0 Å². The molecule has 0 N–H and O–H groups in total. The van der Waals surface area contributed by atoms with Crippen LogP contribution in [0.25, 0.3) is 0 Å². The summed E-state index contributed by atoms with van der Waals surface area (Å²) in [6, 6.07) is 0.226. The molecule has 2 unspecified atom stereocenters. The van der Waals surface area contributed by atoms with Crippen molar-refractivity contribution in [2.45, 2.75) is 63.3 Å². The molecule has 20 heavy (non-hydrogen) atoms. The first-order valence-electron chi connectivity index (χ1n) is 7.59. The van der Waals surface area contributed by atoms with E-state index in [1.165, 1.54) is 0 Å². The predicted octanol–water partition coefficient (Wildman–Crippen LogP) is 2.09. The van der Waals surface area contributed by atoms with Gasteiger partial charge >= 0.3 is 0 Å². The Labute approximate surface area is 126 Å². The summed E-state index contributed by atoms with van der Waals surface area (Å²) in [7, 11) is -2.93. The molecule has 0 bridgehead atoms. The number of carbonyl (C=O) groups is 1. The first kappa shape index (κ1) is 16.1. The second-order valence-corrected chi connectivity index (χ2v) is 9.58. The van der Waals surface area contributed by atoms with Gasteiger partial charge in [0.15, 0.2) is 9.84 Å². The van der Waals surface area contributed by atoms with Crippen LogP contribution in [0.1, 0.15) is 46.0 Å². The van der Waals surface area contributed by atoms with Crippen molar-refractivity contribution in [3.05, 3.63) is 0 Å². The molecule has 0 spiro atoms. The molecule has 1 saturated carbocycles. The molecule has 1 aliphatic carbocycles. The molecule has 2 fully saturated rings. The lowest BCUT2D eigenvalue weighted by Crippen LogP contribution is -2.46. The highest BCUT2D eigenvalue weighted by Gasteiger charge is 2.43. The summed E-state index contributed by atoms with van der Waals surface area (Å²) in [5, 5.41) is -0.0505. The number of hydrogen-bond donors (Lipinski definition) is 0. The normalized spacial score (nSPS) is 26.4. The molecule has 116 valence electrons. The van der Waals surface area contributed by atoms with Gasteiger partial charge in [0, 0.05) is 12.1 Å². The van der Waals surface area contributed by atoms with E-state index >= 15 is 0 Å². The van der Waals surface area contributed by atoms with Crippen LogP contribution in [0, 0.1) is 0 Å². The van der Waals surface area contributed by atoms with Crippen molar-refractivity contribution < 1.29 is 13.2 Å². The van der Waals surface area contributed by atoms with Gasteiger partial charge in [-0.2, -0.15) is 0 Å². The molecule has 2 aliphatic rings. The van der Waals surface area contributed by atoms with Gasteiger partial charge in [0.05, 0.1) is 16.8 Å². The summed E-state index contributed by atoms with van der Waals surface area (Å²) in [5.74, 6) is 1.56. The molecule has 0 radical (unpaired) electrons. The second kappa shape index (κ2) is 6.69. The minimum absolute atomic E-state index is 0.0505. The molecule has 6 heteroatoms. The number of hydrogen-bond acceptors (Lipinski definition) is 4. The predicted molar refractivity (Wildman–Crippen MR) is 83.8 cm³/mol. The van der Waals surface area contributed by atoms with Crippen LogP contribution in [0.2, 0.25) is 0 Å². The maximum atomic E-state index is 12.6. The number of amides is 1. The van der Waals surface area contributed by atoms with Crippen molar-refractivity contribution >= 4 is 27.5 Å². The van der Waals surface area contributed by atoms with Gasteiger partial charge in [0.2, 0.25) is 5.91 Å². The third-order valence-corrected chi connectivity index (χ3v) is 6.99. The van der Waals surface area contributed by atoms with Gasteiger partial charge < -0.3 is 4.90 Å². The van der Waals surface area contributed by atoms with Crippen LogP contribution in [0.5, 0.6) is 0 Å². The van der Waals surface area contributed by atoms with E-state index in [1.807, 2.05) is 11.8 Å². The Balaban J connectivity index is 1.96. The van der Waals surface area contributed by atoms with Gasteiger partial charge in [0.25, 0.3) is 0 Å². The molecule has 1 heterocycles. The van der Waals surface area contributed by atoms with Crippen LogP contribution in [-0.4, -0.2) is 53.8 Å². The van der Waals surface area contributed by atoms with E-state index in [1.54, 1.807) is 11.8 Å². The van der Waals surface area contributed by atoms with E-state index in [2.05, 4.69) is 6.92 Å². The summed E-state index contributed by atoms with van der Waals surface area (Å²) in [4.78, 5) is 14.5. The molecule has 1 aliphatic heterocycles. The number of thioether (sulfide) groups is 1. The Morgan fingerprint density at radius 3 is 2.50 bits per heavy atom. The van der Waals surface area contributed by atoms with E-state index in [4.69, 9.17) is 0 Å². The SMILES string of the molecule is CCCCSC(C)C(=O)N(C1CC1)C1CCS(=O)(=O)C1. The quantitative estimate of drug-likeness (QED) is 0.674. The van der Waals surface area contributed by atoms with Gasteiger partial charge in [-0.1, -0.05) is 13.3 Å². The van der Waals surface area contributed by atoms with Gasteiger partial charge in [-0.3, -0.25) is 4.79 Å². The fraction of sp³-hybridized carbons (Fsp3) is 0.929. The number of rotatable bonds is 7. The minimum Gasteiger partial charge on any atom is -0.335 e. The van der Waals surface area contributed by atoms with Crippen LogP contribution >= 0.6 is 11.8 Å². The molecular weight excluding hydrogens is 294 g/mol. The Morgan fingerprint density at radius 1 is 1.30 bits per heavy atom. The zero-order chi connectivity index (χ0) is 14.8. The van der Waals surface area contributed by atoms with Crippen LogP contribution < -0.4 is 0 Å². The maximum absolute atomic E-state index is 12.6. The van der Waals surface area contributed by atoms with E-state index < -0.39 is 9.84 Å². The zero-order valence-electron chi connectivity index (χ0n) is 12.4. The lowest BCUT2D eigenvalue weighted by Gasteiger charge is -2.30. The van der Waals surface area contributed by atoms with Crippen molar-refractivity contribution in [1.82, 2.24) is 4.90 Å². The second-order valence-electron chi connectivity index (χ2n) is 5.90. The Kier molecular flexibility index (Phi) is 5.40. The summed E-state index contributed by atoms with van der Waals surface area (Å²) < 4.78 is 23.3. The average molecular weight is 319 g/mol. The summed E-state index contributed by atoms with van der Waals surface area (Å²) in [6.45, 7) is 4.11. The monoisotopic (exact) mass is 319 g/mol. The molecule has 0 aromatic carbocycles. The van der Waals surface area contributed by atoms with E-state index in [9.17, 15) is 13.2 Å². The maximum Gasteiger partial charge on any atom is 0.235 e. The minimum atomic E-state index is -2.93. The first-order valence-corrected chi connectivity index (χ1v) is 10.5. The first-order chi connectivity index (χ1) is 9.44. The van der Waals surface area contributed by atoms with Gasteiger partial charge in [0.1, 0.15) is 0 Å². The summed E-state index contributed by atoms with van der Waals surface area (Å²) in [6.07, 6.45) is 4.96. The number of nitrogens with zero attached hydrogens (tertiary/aromatic N) is 1. The zero-order valence-corrected chi connectivity index (χ0v) is 14.0. The van der Waals surface area contributed by atoms with Crippen molar-refractivity contribution in [2.75, 3.05) is 17.3 Å². The lowest BCUT2D eigenvalue weighted by molar-refractivity contribution is -0.132. The number of carbonyl (C=O) groups excluding carboxylic acids is 1. The largest absolute Gasteiger partial charge is 0.335 e. The highest BCUT2D eigenvalue weighted by molar-refractivity contribution is 8.00. The molecule has 1 saturated heterocycles. The van der Waals surface area contributed by atoms with E-state index in [0.717, 1.165) is 31.4 Å². The number of sulfone groups is 1. The molecule has 1 amide bonds. The molecule has 4 nitrogen and oxygen atoms in total. The highest BCUT2D eigenvalue weighted by Crippen LogP contribution is 2.34. The van der Waals surface area contributed by atoms with Crippen molar-refractivity contribution in [1.29, 1.82) is 0 Å². The van der Waals surface area contributed by atoms with E-state index in [-0.39, 0.29) is 28.7 Å². The molecule has 2 rings (SSSR count). The molecular formula is C14H25NO3S2. The van der Waals surface area contributed by atoms with Crippen molar-refractivity contribution in [3.8, 4) is 0 Å². The average Bonchev–Trinajstić information content (AvgIpc) is 3.14. The fourth-order valence-corrected chi connectivity index (χ4v) is 5.48. The Bertz CT molecular complexity index is 445. The summed E-state index contributed by atoms with van der Waals surface area (Å²) in [5.41, 5.74) is 0. The smallest absolute Gasteiger partial charge is 0.235 e. The van der Waals surface area contributed by atoms with Crippen LogP contribution in [-0.2, 0) is 14.6 Å². The summed E-state index contributed by atoms with van der Waals surface area (Å²) >= 11 is 1.70. The van der Waals surface area contributed by atoms with Crippen LogP contribution in [0.3, 0.4) is 0 Å². The van der Waals surface area contributed by atoms with Crippen LogP contribution in [0.4, 0.5) is 0 Å². The molecule has 0 aromatic rings. The highest BCUT2D eigenvalue weighted by atomic mass is 32.2.